The van der Waals surface area contributed by atoms with Gasteiger partial charge in [0.1, 0.15) is 11.5 Å². The fourth-order valence-electron chi connectivity index (χ4n) is 2.17. The van der Waals surface area contributed by atoms with Crippen molar-refractivity contribution in [3.05, 3.63) is 23.7 Å². The van der Waals surface area contributed by atoms with Crippen molar-refractivity contribution in [3.63, 3.8) is 0 Å². The summed E-state index contributed by atoms with van der Waals surface area (Å²) in [5.74, 6) is 4.95. The molecule has 96 valence electrons. The van der Waals surface area contributed by atoms with E-state index in [-0.39, 0.29) is 0 Å². The molecule has 1 N–H and O–H groups in total. The standard InChI is InChI=1S/C14H23NOS/c1-4-11(9-17-3)15-8-12-5-6-14(16-12)13-7-10(13)2/h5-6,10-11,13,15H,4,7-9H2,1-3H3. The van der Waals surface area contributed by atoms with Crippen LogP contribution in [0.1, 0.15) is 44.1 Å². The summed E-state index contributed by atoms with van der Waals surface area (Å²) in [5.41, 5.74) is 0. The molecule has 17 heavy (non-hydrogen) atoms. The van der Waals surface area contributed by atoms with E-state index in [0.717, 1.165) is 18.2 Å². The largest absolute Gasteiger partial charge is 0.464 e. The summed E-state index contributed by atoms with van der Waals surface area (Å²) in [6.45, 7) is 5.38. The number of nitrogens with one attached hydrogen (secondary N) is 1. The van der Waals surface area contributed by atoms with Crippen molar-refractivity contribution < 1.29 is 4.42 Å². The van der Waals surface area contributed by atoms with Gasteiger partial charge in [0.15, 0.2) is 0 Å². The number of rotatable bonds is 7. The van der Waals surface area contributed by atoms with Crippen LogP contribution in [-0.2, 0) is 6.54 Å². The minimum Gasteiger partial charge on any atom is -0.464 e. The van der Waals surface area contributed by atoms with Gasteiger partial charge in [-0.25, -0.2) is 0 Å². The predicted octanol–water partition coefficient (Wildman–Crippen LogP) is 3.63. The highest BCUT2D eigenvalue weighted by Crippen LogP contribution is 2.47. The van der Waals surface area contributed by atoms with E-state index in [9.17, 15) is 0 Å². The quantitative estimate of drug-likeness (QED) is 0.803. The molecular formula is C14H23NOS. The van der Waals surface area contributed by atoms with E-state index in [0.29, 0.717) is 12.0 Å². The second kappa shape index (κ2) is 5.96. The molecular weight excluding hydrogens is 230 g/mol. The van der Waals surface area contributed by atoms with Crippen LogP contribution in [0.2, 0.25) is 0 Å². The van der Waals surface area contributed by atoms with Gasteiger partial charge in [0.05, 0.1) is 6.54 Å². The number of hydrogen-bond acceptors (Lipinski definition) is 3. The van der Waals surface area contributed by atoms with Gasteiger partial charge < -0.3 is 9.73 Å². The Labute approximate surface area is 109 Å². The zero-order chi connectivity index (χ0) is 12.3. The van der Waals surface area contributed by atoms with Crippen molar-refractivity contribution in [2.24, 2.45) is 5.92 Å². The summed E-state index contributed by atoms with van der Waals surface area (Å²) in [4.78, 5) is 0. The Morgan fingerprint density at radius 1 is 1.53 bits per heavy atom. The smallest absolute Gasteiger partial charge is 0.117 e. The first kappa shape index (κ1) is 13.0. The highest BCUT2D eigenvalue weighted by Gasteiger charge is 2.36. The van der Waals surface area contributed by atoms with Gasteiger partial charge in [-0.3, -0.25) is 0 Å². The third kappa shape index (κ3) is 3.52. The van der Waals surface area contributed by atoms with Crippen LogP contribution >= 0.6 is 11.8 Å². The molecule has 2 rings (SSSR count). The molecule has 0 radical (unpaired) electrons. The zero-order valence-electron chi connectivity index (χ0n) is 11.0. The molecule has 1 saturated carbocycles. The van der Waals surface area contributed by atoms with Crippen LogP contribution in [0.15, 0.2) is 16.5 Å². The molecule has 1 aromatic heterocycles. The van der Waals surface area contributed by atoms with E-state index in [1.807, 2.05) is 11.8 Å². The van der Waals surface area contributed by atoms with Crippen molar-refractivity contribution in [2.45, 2.75) is 45.2 Å². The summed E-state index contributed by atoms with van der Waals surface area (Å²) in [5, 5.41) is 3.56. The molecule has 1 heterocycles. The maximum atomic E-state index is 5.88. The maximum Gasteiger partial charge on any atom is 0.117 e. The van der Waals surface area contributed by atoms with Crippen LogP contribution in [0.25, 0.3) is 0 Å². The second-order valence-electron chi connectivity index (χ2n) is 5.06. The van der Waals surface area contributed by atoms with Crippen molar-refractivity contribution in [1.29, 1.82) is 0 Å². The molecule has 1 aliphatic carbocycles. The molecule has 1 aromatic rings. The van der Waals surface area contributed by atoms with Crippen LogP contribution in [0.5, 0.6) is 0 Å². The summed E-state index contributed by atoms with van der Waals surface area (Å²) < 4.78 is 5.88. The van der Waals surface area contributed by atoms with Gasteiger partial charge in [-0.1, -0.05) is 13.8 Å². The topological polar surface area (TPSA) is 25.2 Å². The molecule has 0 saturated heterocycles. The Morgan fingerprint density at radius 3 is 2.88 bits per heavy atom. The summed E-state index contributed by atoms with van der Waals surface area (Å²) in [6.07, 6.45) is 4.63. The average Bonchev–Trinajstić information content (AvgIpc) is 2.89. The Kier molecular flexibility index (Phi) is 4.57. The lowest BCUT2D eigenvalue weighted by atomic mass is 10.2. The number of hydrogen-bond donors (Lipinski definition) is 1. The molecule has 3 unspecified atom stereocenters. The van der Waals surface area contributed by atoms with E-state index in [4.69, 9.17) is 4.42 Å². The molecule has 0 amide bonds. The average molecular weight is 253 g/mol. The summed E-state index contributed by atoms with van der Waals surface area (Å²) >= 11 is 1.90. The van der Waals surface area contributed by atoms with Crippen LogP contribution in [0.3, 0.4) is 0 Å². The van der Waals surface area contributed by atoms with E-state index in [1.165, 1.54) is 24.4 Å². The van der Waals surface area contributed by atoms with Gasteiger partial charge in [-0.05, 0) is 37.1 Å². The van der Waals surface area contributed by atoms with Crippen LogP contribution in [0.4, 0.5) is 0 Å². The predicted molar refractivity (Wildman–Crippen MR) is 74.5 cm³/mol. The molecule has 2 nitrogen and oxygen atoms in total. The van der Waals surface area contributed by atoms with E-state index < -0.39 is 0 Å². The molecule has 1 fully saturated rings. The van der Waals surface area contributed by atoms with Gasteiger partial charge in [0, 0.05) is 17.7 Å². The van der Waals surface area contributed by atoms with Gasteiger partial charge >= 0.3 is 0 Å². The Hall–Kier alpha value is -0.410. The molecule has 0 bridgehead atoms. The van der Waals surface area contributed by atoms with Gasteiger partial charge in [0.25, 0.3) is 0 Å². The first-order valence-corrected chi connectivity index (χ1v) is 7.94. The summed E-state index contributed by atoms with van der Waals surface area (Å²) in [6, 6.07) is 4.87. The van der Waals surface area contributed by atoms with Gasteiger partial charge in [0.2, 0.25) is 0 Å². The normalized spacial score (nSPS) is 24.9. The van der Waals surface area contributed by atoms with E-state index in [2.05, 4.69) is 37.6 Å². The van der Waals surface area contributed by atoms with E-state index >= 15 is 0 Å². The Bertz CT molecular complexity index is 350. The second-order valence-corrected chi connectivity index (χ2v) is 5.98. The van der Waals surface area contributed by atoms with Gasteiger partial charge in [-0.2, -0.15) is 11.8 Å². The highest BCUT2D eigenvalue weighted by atomic mass is 32.2. The maximum absolute atomic E-state index is 5.88. The molecule has 0 spiro atoms. The third-order valence-corrected chi connectivity index (χ3v) is 4.32. The van der Waals surface area contributed by atoms with Crippen LogP contribution in [-0.4, -0.2) is 18.1 Å². The number of thioether (sulfide) groups is 1. The molecule has 0 aliphatic heterocycles. The van der Waals surface area contributed by atoms with Crippen molar-refractivity contribution >= 4 is 11.8 Å². The minimum absolute atomic E-state index is 0.596. The third-order valence-electron chi connectivity index (χ3n) is 3.58. The first-order valence-electron chi connectivity index (χ1n) is 6.55. The Morgan fingerprint density at radius 2 is 2.29 bits per heavy atom. The van der Waals surface area contributed by atoms with Crippen LogP contribution in [0, 0.1) is 5.92 Å². The van der Waals surface area contributed by atoms with Crippen molar-refractivity contribution in [2.75, 3.05) is 12.0 Å². The summed E-state index contributed by atoms with van der Waals surface area (Å²) in [7, 11) is 0. The van der Waals surface area contributed by atoms with Crippen molar-refractivity contribution in [1.82, 2.24) is 5.32 Å². The lowest BCUT2D eigenvalue weighted by Crippen LogP contribution is -2.29. The molecule has 3 heteroatoms. The molecule has 1 aliphatic rings. The lowest BCUT2D eigenvalue weighted by molar-refractivity contribution is 0.426. The fraction of sp³-hybridized carbons (Fsp3) is 0.714. The molecule has 0 aromatic carbocycles. The molecule has 3 atom stereocenters. The zero-order valence-corrected chi connectivity index (χ0v) is 11.8. The lowest BCUT2D eigenvalue weighted by Gasteiger charge is -2.14. The van der Waals surface area contributed by atoms with Crippen LogP contribution < -0.4 is 5.32 Å². The number of furan rings is 1. The SMILES string of the molecule is CCC(CSC)NCc1ccc(C2CC2C)o1. The monoisotopic (exact) mass is 253 g/mol. The first-order chi connectivity index (χ1) is 8.24. The van der Waals surface area contributed by atoms with Gasteiger partial charge in [-0.15, -0.1) is 0 Å². The fourth-order valence-corrected chi connectivity index (χ4v) is 2.93. The Balaban J connectivity index is 1.80. The minimum atomic E-state index is 0.596. The van der Waals surface area contributed by atoms with Crippen molar-refractivity contribution in [3.8, 4) is 0 Å². The van der Waals surface area contributed by atoms with E-state index in [1.54, 1.807) is 0 Å². The highest BCUT2D eigenvalue weighted by molar-refractivity contribution is 7.98.